The number of nitrogens with two attached hydrogens (primary N) is 1. The average molecular weight is 213 g/mol. The minimum atomic E-state index is 0.536. The molecule has 1 aliphatic heterocycles. The Morgan fingerprint density at radius 2 is 1.88 bits per heavy atom. The molecule has 2 rings (SSSR count). The second-order valence-corrected chi connectivity index (χ2v) is 4.08. The van der Waals surface area contributed by atoms with Crippen LogP contribution in [0.2, 0.25) is 0 Å². The van der Waals surface area contributed by atoms with E-state index in [0.29, 0.717) is 11.5 Å². The summed E-state index contributed by atoms with van der Waals surface area (Å²) in [5.74, 6) is 1.40. The van der Waals surface area contributed by atoms with E-state index < -0.39 is 0 Å². The number of ether oxygens (including phenoxy) is 1. The molecule has 0 amide bonds. The van der Waals surface area contributed by atoms with Gasteiger partial charge in [-0.25, -0.2) is 0 Å². The zero-order valence-electron chi connectivity index (χ0n) is 9.63. The molecule has 1 aromatic rings. The van der Waals surface area contributed by atoms with Gasteiger partial charge in [0.2, 0.25) is 0 Å². The van der Waals surface area contributed by atoms with Gasteiger partial charge in [-0.1, -0.05) is 13.2 Å². The lowest BCUT2D eigenvalue weighted by Gasteiger charge is -2.21. The summed E-state index contributed by atoms with van der Waals surface area (Å²) >= 11 is 0. The molecular formula is C14H15NO. The molecule has 1 aromatic carbocycles. The van der Waals surface area contributed by atoms with Crippen LogP contribution < -0.4 is 10.5 Å². The predicted octanol–water partition coefficient (Wildman–Crippen LogP) is 3.07. The second-order valence-electron chi connectivity index (χ2n) is 4.08. The van der Waals surface area contributed by atoms with Crippen molar-refractivity contribution in [2.75, 3.05) is 0 Å². The fraction of sp³-hybridized carbons (Fsp3) is 0.143. The molecule has 2 heteroatoms. The SMILES string of the molecule is C=C1C=C(C(=C)N)c2cc(C)c(C)cc2O1. The van der Waals surface area contributed by atoms with E-state index in [0.717, 1.165) is 16.9 Å². The van der Waals surface area contributed by atoms with Gasteiger partial charge in [-0.05, 0) is 43.2 Å². The first-order chi connectivity index (χ1) is 7.49. The number of aryl methyl sites for hydroxylation is 2. The Morgan fingerprint density at radius 3 is 2.50 bits per heavy atom. The van der Waals surface area contributed by atoms with Crippen molar-refractivity contribution in [2.24, 2.45) is 5.73 Å². The van der Waals surface area contributed by atoms with E-state index in [2.05, 4.69) is 33.1 Å². The summed E-state index contributed by atoms with van der Waals surface area (Å²) in [6.45, 7) is 11.7. The summed E-state index contributed by atoms with van der Waals surface area (Å²) in [6, 6.07) is 4.08. The number of hydrogen-bond acceptors (Lipinski definition) is 2. The van der Waals surface area contributed by atoms with Crippen LogP contribution in [0, 0.1) is 13.8 Å². The number of hydrogen-bond donors (Lipinski definition) is 1. The Hall–Kier alpha value is -1.96. The molecule has 0 fully saturated rings. The molecule has 0 radical (unpaired) electrons. The van der Waals surface area contributed by atoms with Gasteiger partial charge >= 0.3 is 0 Å². The van der Waals surface area contributed by atoms with Crippen LogP contribution in [0.4, 0.5) is 0 Å². The van der Waals surface area contributed by atoms with Gasteiger partial charge in [0.25, 0.3) is 0 Å². The molecule has 82 valence electrons. The zero-order valence-corrected chi connectivity index (χ0v) is 9.63. The van der Waals surface area contributed by atoms with E-state index in [4.69, 9.17) is 10.5 Å². The summed E-state index contributed by atoms with van der Waals surface area (Å²) in [5, 5.41) is 0. The minimum Gasteiger partial charge on any atom is -0.457 e. The fourth-order valence-electron chi connectivity index (χ4n) is 1.76. The molecule has 0 aliphatic carbocycles. The van der Waals surface area contributed by atoms with Crippen LogP contribution in [0.5, 0.6) is 5.75 Å². The first kappa shape index (κ1) is 10.6. The molecule has 0 unspecified atom stereocenters. The Morgan fingerprint density at radius 1 is 1.25 bits per heavy atom. The van der Waals surface area contributed by atoms with E-state index in [1.807, 2.05) is 12.1 Å². The Labute approximate surface area is 95.7 Å². The minimum absolute atomic E-state index is 0.536. The molecule has 1 aliphatic rings. The van der Waals surface area contributed by atoms with E-state index in [9.17, 15) is 0 Å². The first-order valence-electron chi connectivity index (χ1n) is 5.14. The summed E-state index contributed by atoms with van der Waals surface area (Å²) < 4.78 is 5.58. The topological polar surface area (TPSA) is 35.2 Å². The van der Waals surface area contributed by atoms with Crippen LogP contribution in [0.3, 0.4) is 0 Å². The molecule has 0 atom stereocenters. The number of rotatable bonds is 1. The van der Waals surface area contributed by atoms with Crippen molar-refractivity contribution in [3.05, 3.63) is 59.5 Å². The predicted molar refractivity (Wildman–Crippen MR) is 67.0 cm³/mol. The van der Waals surface area contributed by atoms with Gasteiger partial charge in [0, 0.05) is 16.8 Å². The summed E-state index contributed by atoms with van der Waals surface area (Å²) in [6.07, 6.45) is 1.82. The van der Waals surface area contributed by atoms with Gasteiger partial charge in [0.05, 0.1) is 0 Å². The monoisotopic (exact) mass is 213 g/mol. The maximum absolute atomic E-state index is 5.77. The first-order valence-corrected chi connectivity index (χ1v) is 5.14. The summed E-state index contributed by atoms with van der Waals surface area (Å²) in [5.41, 5.74) is 10.6. The van der Waals surface area contributed by atoms with Crippen LogP contribution in [0.15, 0.2) is 42.8 Å². The standard InChI is InChI=1S/C14H15NO/c1-8-5-13-12(11(4)15)7-10(3)16-14(13)6-9(8)2/h5-7H,3-4,15H2,1-2H3. The molecule has 2 N–H and O–H groups in total. The number of benzene rings is 1. The van der Waals surface area contributed by atoms with Crippen LogP contribution in [0.25, 0.3) is 5.57 Å². The Bertz CT molecular complexity index is 524. The molecular weight excluding hydrogens is 198 g/mol. The van der Waals surface area contributed by atoms with Crippen molar-refractivity contribution in [1.29, 1.82) is 0 Å². The molecule has 0 aromatic heterocycles. The number of fused-ring (bicyclic) bond motifs is 1. The number of allylic oxidation sites excluding steroid dienone is 2. The second kappa shape index (κ2) is 3.56. The van der Waals surface area contributed by atoms with Gasteiger partial charge in [-0.15, -0.1) is 0 Å². The smallest absolute Gasteiger partial charge is 0.135 e. The maximum Gasteiger partial charge on any atom is 0.135 e. The van der Waals surface area contributed by atoms with Crippen molar-refractivity contribution in [3.63, 3.8) is 0 Å². The summed E-state index contributed by atoms with van der Waals surface area (Å²) in [7, 11) is 0. The van der Waals surface area contributed by atoms with Crippen molar-refractivity contribution < 1.29 is 4.74 Å². The molecule has 0 bridgehead atoms. The highest BCUT2D eigenvalue weighted by molar-refractivity contribution is 5.84. The van der Waals surface area contributed by atoms with Crippen molar-refractivity contribution in [2.45, 2.75) is 13.8 Å². The van der Waals surface area contributed by atoms with Crippen molar-refractivity contribution in [3.8, 4) is 5.75 Å². The highest BCUT2D eigenvalue weighted by Crippen LogP contribution is 2.36. The van der Waals surface area contributed by atoms with Crippen LogP contribution in [-0.4, -0.2) is 0 Å². The fourth-order valence-corrected chi connectivity index (χ4v) is 1.76. The lowest BCUT2D eigenvalue weighted by Crippen LogP contribution is -2.08. The third kappa shape index (κ3) is 1.63. The molecule has 0 saturated heterocycles. The molecule has 0 spiro atoms. The quantitative estimate of drug-likeness (QED) is 0.778. The normalized spacial score (nSPS) is 13.9. The molecule has 1 heterocycles. The van der Waals surface area contributed by atoms with E-state index in [1.54, 1.807) is 0 Å². The van der Waals surface area contributed by atoms with Gasteiger partial charge in [-0.2, -0.15) is 0 Å². The Kier molecular flexibility index (Phi) is 2.35. The average Bonchev–Trinajstić information content (AvgIpc) is 2.19. The molecule has 2 nitrogen and oxygen atoms in total. The zero-order chi connectivity index (χ0) is 11.9. The van der Waals surface area contributed by atoms with Crippen LogP contribution >= 0.6 is 0 Å². The van der Waals surface area contributed by atoms with Crippen LogP contribution in [0.1, 0.15) is 16.7 Å². The highest BCUT2D eigenvalue weighted by atomic mass is 16.5. The van der Waals surface area contributed by atoms with E-state index >= 15 is 0 Å². The van der Waals surface area contributed by atoms with E-state index in [-0.39, 0.29) is 0 Å². The molecule has 0 saturated carbocycles. The van der Waals surface area contributed by atoms with Crippen LogP contribution in [-0.2, 0) is 0 Å². The Balaban J connectivity index is 2.67. The van der Waals surface area contributed by atoms with Gasteiger partial charge in [0.15, 0.2) is 0 Å². The van der Waals surface area contributed by atoms with Gasteiger partial charge < -0.3 is 10.5 Å². The summed E-state index contributed by atoms with van der Waals surface area (Å²) in [4.78, 5) is 0. The largest absolute Gasteiger partial charge is 0.457 e. The van der Waals surface area contributed by atoms with Gasteiger partial charge in [0.1, 0.15) is 11.5 Å². The highest BCUT2D eigenvalue weighted by Gasteiger charge is 2.17. The lowest BCUT2D eigenvalue weighted by atomic mass is 9.95. The lowest BCUT2D eigenvalue weighted by molar-refractivity contribution is 0.441. The maximum atomic E-state index is 5.77. The third-order valence-corrected chi connectivity index (χ3v) is 2.78. The van der Waals surface area contributed by atoms with Crippen molar-refractivity contribution >= 4 is 5.57 Å². The van der Waals surface area contributed by atoms with Gasteiger partial charge in [-0.3, -0.25) is 0 Å². The molecule has 16 heavy (non-hydrogen) atoms. The van der Waals surface area contributed by atoms with Crippen molar-refractivity contribution in [1.82, 2.24) is 0 Å². The third-order valence-electron chi connectivity index (χ3n) is 2.78. The van der Waals surface area contributed by atoms with E-state index in [1.165, 1.54) is 11.1 Å².